The summed E-state index contributed by atoms with van der Waals surface area (Å²) >= 11 is 6.06. The number of nitrogens with zero attached hydrogens (tertiary/aromatic N) is 1. The highest BCUT2D eigenvalue weighted by Gasteiger charge is 2.27. The van der Waals surface area contributed by atoms with Gasteiger partial charge in [0.1, 0.15) is 6.54 Å². The number of aryl methyl sites for hydroxylation is 2. The highest BCUT2D eigenvalue weighted by atomic mass is 35.5. The summed E-state index contributed by atoms with van der Waals surface area (Å²) in [5.41, 5.74) is 2.91. The molecule has 0 unspecified atom stereocenters. The van der Waals surface area contributed by atoms with Crippen molar-refractivity contribution in [1.29, 1.82) is 0 Å². The molecule has 3 aromatic carbocycles. The van der Waals surface area contributed by atoms with Gasteiger partial charge in [-0.05, 0) is 56.3 Å². The third kappa shape index (κ3) is 5.16. The van der Waals surface area contributed by atoms with E-state index in [2.05, 4.69) is 5.32 Å². The molecular weight excluding hydrogens is 408 g/mol. The molecular formula is C22H21ClN2O3S. The van der Waals surface area contributed by atoms with Crippen LogP contribution >= 0.6 is 11.6 Å². The van der Waals surface area contributed by atoms with Crippen molar-refractivity contribution in [1.82, 2.24) is 0 Å². The van der Waals surface area contributed by atoms with Crippen LogP contribution in [0.4, 0.5) is 11.4 Å². The first-order chi connectivity index (χ1) is 13.8. The van der Waals surface area contributed by atoms with Gasteiger partial charge in [0.2, 0.25) is 5.91 Å². The van der Waals surface area contributed by atoms with Crippen LogP contribution in [0.2, 0.25) is 5.02 Å². The molecule has 0 saturated carbocycles. The summed E-state index contributed by atoms with van der Waals surface area (Å²) in [5.74, 6) is -0.454. The molecule has 1 amide bonds. The van der Waals surface area contributed by atoms with Gasteiger partial charge in [0, 0.05) is 10.7 Å². The number of carbonyl (C=O) groups excluding carboxylic acids is 1. The third-order valence-electron chi connectivity index (χ3n) is 4.33. The van der Waals surface area contributed by atoms with Gasteiger partial charge >= 0.3 is 0 Å². The molecule has 1 N–H and O–H groups in total. The first-order valence-electron chi connectivity index (χ1n) is 8.97. The quantitative estimate of drug-likeness (QED) is 0.613. The van der Waals surface area contributed by atoms with Crippen molar-refractivity contribution < 1.29 is 13.2 Å². The minimum atomic E-state index is -3.97. The van der Waals surface area contributed by atoms with Gasteiger partial charge in [0.25, 0.3) is 10.0 Å². The number of amides is 1. The van der Waals surface area contributed by atoms with Crippen LogP contribution in [0.25, 0.3) is 0 Å². The molecule has 7 heteroatoms. The smallest absolute Gasteiger partial charge is 0.264 e. The maximum atomic E-state index is 13.3. The normalized spacial score (nSPS) is 11.1. The Labute approximate surface area is 176 Å². The van der Waals surface area contributed by atoms with Crippen LogP contribution in [-0.2, 0) is 14.8 Å². The topological polar surface area (TPSA) is 66.5 Å². The van der Waals surface area contributed by atoms with Crippen LogP contribution in [-0.4, -0.2) is 20.9 Å². The fourth-order valence-electron chi connectivity index (χ4n) is 2.75. The van der Waals surface area contributed by atoms with E-state index in [1.807, 2.05) is 26.0 Å². The van der Waals surface area contributed by atoms with E-state index in [0.717, 1.165) is 15.4 Å². The van der Waals surface area contributed by atoms with Crippen molar-refractivity contribution in [2.24, 2.45) is 0 Å². The lowest BCUT2D eigenvalue weighted by molar-refractivity contribution is -0.114. The summed E-state index contributed by atoms with van der Waals surface area (Å²) in [6.07, 6.45) is 0. The highest BCUT2D eigenvalue weighted by Crippen LogP contribution is 2.26. The minimum absolute atomic E-state index is 0.103. The standard InChI is InChI=1S/C22H21ClN2O3S/c1-16-6-10-19(11-7-16)24-22(26)15-25(20-5-3-4-18(23)14-20)29(27,28)21-12-8-17(2)9-13-21/h3-14H,15H2,1-2H3,(H,24,26). The molecule has 0 spiro atoms. The molecule has 150 valence electrons. The predicted molar refractivity (Wildman–Crippen MR) is 117 cm³/mol. The van der Waals surface area contributed by atoms with E-state index < -0.39 is 15.9 Å². The molecule has 3 rings (SSSR count). The molecule has 0 saturated heterocycles. The van der Waals surface area contributed by atoms with E-state index in [4.69, 9.17) is 11.6 Å². The van der Waals surface area contributed by atoms with E-state index >= 15 is 0 Å². The number of carbonyl (C=O) groups is 1. The SMILES string of the molecule is Cc1ccc(NC(=O)CN(c2cccc(Cl)c2)S(=O)(=O)c2ccc(C)cc2)cc1. The lowest BCUT2D eigenvalue weighted by Crippen LogP contribution is -2.38. The van der Waals surface area contributed by atoms with E-state index in [0.29, 0.717) is 16.4 Å². The summed E-state index contributed by atoms with van der Waals surface area (Å²) in [6.45, 7) is 3.44. The van der Waals surface area contributed by atoms with Gasteiger partial charge in [-0.15, -0.1) is 0 Å². The number of sulfonamides is 1. The zero-order chi connectivity index (χ0) is 21.0. The molecule has 0 aliphatic heterocycles. The molecule has 0 aliphatic rings. The monoisotopic (exact) mass is 428 g/mol. The fourth-order valence-corrected chi connectivity index (χ4v) is 4.35. The molecule has 0 heterocycles. The minimum Gasteiger partial charge on any atom is -0.325 e. The second kappa shape index (κ2) is 8.68. The summed E-state index contributed by atoms with van der Waals surface area (Å²) in [6, 6.07) is 20.2. The van der Waals surface area contributed by atoms with Gasteiger partial charge in [-0.3, -0.25) is 9.10 Å². The van der Waals surface area contributed by atoms with Crippen molar-refractivity contribution in [2.45, 2.75) is 18.7 Å². The van der Waals surface area contributed by atoms with Crippen LogP contribution in [0.1, 0.15) is 11.1 Å². The number of anilines is 2. The predicted octanol–water partition coefficient (Wildman–Crippen LogP) is 4.79. The molecule has 0 fully saturated rings. The average Bonchev–Trinajstić information content (AvgIpc) is 2.68. The first kappa shape index (κ1) is 20.9. The number of hydrogen-bond acceptors (Lipinski definition) is 3. The average molecular weight is 429 g/mol. The second-order valence-electron chi connectivity index (χ2n) is 6.72. The molecule has 0 aliphatic carbocycles. The van der Waals surface area contributed by atoms with Crippen molar-refractivity contribution in [3.63, 3.8) is 0 Å². The molecule has 5 nitrogen and oxygen atoms in total. The number of benzene rings is 3. The van der Waals surface area contributed by atoms with Crippen molar-refractivity contribution in [3.8, 4) is 0 Å². The number of hydrogen-bond donors (Lipinski definition) is 1. The van der Waals surface area contributed by atoms with Gasteiger partial charge in [-0.2, -0.15) is 0 Å². The van der Waals surface area contributed by atoms with Crippen LogP contribution in [0.5, 0.6) is 0 Å². The summed E-state index contributed by atoms with van der Waals surface area (Å²) in [7, 11) is -3.97. The highest BCUT2D eigenvalue weighted by molar-refractivity contribution is 7.92. The fraction of sp³-hybridized carbons (Fsp3) is 0.136. The molecule has 29 heavy (non-hydrogen) atoms. The lowest BCUT2D eigenvalue weighted by Gasteiger charge is -2.24. The number of rotatable bonds is 6. The van der Waals surface area contributed by atoms with Crippen LogP contribution in [0.3, 0.4) is 0 Å². The van der Waals surface area contributed by atoms with Gasteiger partial charge in [0.05, 0.1) is 10.6 Å². The summed E-state index contributed by atoms with van der Waals surface area (Å²) in [5, 5.41) is 3.12. The molecule has 3 aromatic rings. The molecule has 0 bridgehead atoms. The first-order valence-corrected chi connectivity index (χ1v) is 10.8. The summed E-state index contributed by atoms with van der Waals surface area (Å²) < 4.78 is 27.6. The maximum Gasteiger partial charge on any atom is 0.264 e. The van der Waals surface area contributed by atoms with Crippen molar-refractivity contribution >= 4 is 38.9 Å². The Kier molecular flexibility index (Phi) is 6.25. The zero-order valence-electron chi connectivity index (χ0n) is 16.1. The zero-order valence-corrected chi connectivity index (χ0v) is 17.7. The van der Waals surface area contributed by atoms with Gasteiger partial charge in [-0.25, -0.2) is 8.42 Å². The van der Waals surface area contributed by atoms with E-state index in [9.17, 15) is 13.2 Å². The van der Waals surface area contributed by atoms with Gasteiger partial charge in [-0.1, -0.05) is 53.1 Å². The van der Waals surface area contributed by atoms with Gasteiger partial charge < -0.3 is 5.32 Å². The van der Waals surface area contributed by atoms with Crippen molar-refractivity contribution in [3.05, 3.63) is 88.9 Å². The Hall–Kier alpha value is -2.83. The van der Waals surface area contributed by atoms with Gasteiger partial charge in [0.15, 0.2) is 0 Å². The molecule has 0 atom stereocenters. The molecule has 0 aromatic heterocycles. The number of halogens is 1. The Balaban J connectivity index is 1.93. The largest absolute Gasteiger partial charge is 0.325 e. The van der Waals surface area contributed by atoms with E-state index in [1.54, 1.807) is 42.5 Å². The van der Waals surface area contributed by atoms with Crippen LogP contribution in [0, 0.1) is 13.8 Å². The Morgan fingerprint density at radius 3 is 2.10 bits per heavy atom. The molecule has 0 radical (unpaired) electrons. The third-order valence-corrected chi connectivity index (χ3v) is 6.35. The Morgan fingerprint density at radius 1 is 0.931 bits per heavy atom. The van der Waals surface area contributed by atoms with Crippen molar-refractivity contribution in [2.75, 3.05) is 16.2 Å². The Morgan fingerprint density at radius 2 is 1.52 bits per heavy atom. The number of nitrogens with one attached hydrogen (secondary N) is 1. The lowest BCUT2D eigenvalue weighted by atomic mass is 10.2. The van der Waals surface area contributed by atoms with Crippen LogP contribution < -0.4 is 9.62 Å². The second-order valence-corrected chi connectivity index (χ2v) is 9.02. The maximum absolute atomic E-state index is 13.3. The van der Waals surface area contributed by atoms with Crippen LogP contribution in [0.15, 0.2) is 77.7 Å². The van der Waals surface area contributed by atoms with E-state index in [1.165, 1.54) is 18.2 Å². The summed E-state index contributed by atoms with van der Waals surface area (Å²) in [4.78, 5) is 12.8. The Bertz CT molecular complexity index is 1110. The van der Waals surface area contributed by atoms with E-state index in [-0.39, 0.29) is 11.4 Å².